The molecule has 9 nitrogen and oxygen atoms in total. The zero-order valence-electron chi connectivity index (χ0n) is 19.6. The van der Waals surface area contributed by atoms with E-state index >= 15 is 0 Å². The monoisotopic (exact) mass is 483 g/mol. The number of carboxylic acid groups (broad SMARTS) is 1. The first-order valence-electron chi connectivity index (χ1n) is 11.3. The van der Waals surface area contributed by atoms with Crippen LogP contribution in [0.3, 0.4) is 0 Å². The van der Waals surface area contributed by atoms with E-state index in [-0.39, 0.29) is 5.69 Å². The molecule has 4 rings (SSSR count). The Morgan fingerprint density at radius 3 is 2.71 bits per heavy atom. The van der Waals surface area contributed by atoms with E-state index < -0.39 is 17.7 Å². The predicted molar refractivity (Wildman–Crippen MR) is 129 cm³/mol. The minimum absolute atomic E-state index is 0.207. The molecule has 1 aliphatic rings. The molecular formula is C24H29N5O4S. The number of aryl methyl sites for hydroxylation is 2. The van der Waals surface area contributed by atoms with Crippen molar-refractivity contribution in [1.29, 1.82) is 0 Å². The number of fused-ring (bicyclic) bond motifs is 3. The average molecular weight is 484 g/mol. The number of H-pyrrole nitrogens is 1. The number of benzene rings is 1. The maximum atomic E-state index is 12.1. The van der Waals surface area contributed by atoms with Crippen molar-refractivity contribution < 1.29 is 19.4 Å². The van der Waals surface area contributed by atoms with E-state index in [0.29, 0.717) is 38.0 Å². The molecule has 1 aromatic carbocycles. The first-order valence-corrected chi connectivity index (χ1v) is 12.3. The number of carbonyl (C=O) groups is 2. The number of amides is 1. The van der Waals surface area contributed by atoms with Crippen LogP contribution in [0.1, 0.15) is 54.5 Å². The summed E-state index contributed by atoms with van der Waals surface area (Å²) in [6, 6.07) is 10.1. The lowest BCUT2D eigenvalue weighted by Crippen LogP contribution is -2.33. The fourth-order valence-corrected chi connectivity index (χ4v) is 4.91. The van der Waals surface area contributed by atoms with Crippen LogP contribution in [0.25, 0.3) is 11.3 Å². The van der Waals surface area contributed by atoms with Crippen LogP contribution in [0.2, 0.25) is 0 Å². The van der Waals surface area contributed by atoms with Gasteiger partial charge in [0.25, 0.3) is 0 Å². The molecule has 0 atom stereocenters. The van der Waals surface area contributed by atoms with Crippen LogP contribution in [0.15, 0.2) is 35.4 Å². The first-order chi connectivity index (χ1) is 16.2. The summed E-state index contributed by atoms with van der Waals surface area (Å²) >= 11 is 1.61. The van der Waals surface area contributed by atoms with E-state index in [9.17, 15) is 14.7 Å². The summed E-state index contributed by atoms with van der Waals surface area (Å²) in [7, 11) is 0. The molecule has 0 saturated heterocycles. The summed E-state index contributed by atoms with van der Waals surface area (Å²) in [5.74, 6) is -0.240. The van der Waals surface area contributed by atoms with Crippen LogP contribution >= 0.6 is 11.8 Å². The minimum Gasteiger partial charge on any atom is -0.477 e. The molecule has 0 spiro atoms. The van der Waals surface area contributed by atoms with Crippen LogP contribution in [-0.2, 0) is 29.9 Å². The van der Waals surface area contributed by atoms with Gasteiger partial charge in [-0.15, -0.1) is 0 Å². The summed E-state index contributed by atoms with van der Waals surface area (Å²) in [6.45, 7) is 6.13. The Morgan fingerprint density at radius 1 is 1.24 bits per heavy atom. The third-order valence-corrected chi connectivity index (χ3v) is 6.40. The Hall–Kier alpha value is -3.27. The number of thioether (sulfide) groups is 1. The molecule has 0 bridgehead atoms. The van der Waals surface area contributed by atoms with Crippen molar-refractivity contribution in [1.82, 2.24) is 25.3 Å². The molecule has 0 unspecified atom stereocenters. The number of aromatic amines is 1. The number of aromatic nitrogens is 4. The van der Waals surface area contributed by atoms with Crippen LogP contribution < -0.4 is 5.32 Å². The third-order valence-electron chi connectivity index (χ3n) is 5.36. The lowest BCUT2D eigenvalue weighted by molar-refractivity contribution is 0.0524. The number of rotatable bonds is 8. The number of aromatic carboxylic acids is 1. The number of hydrogen-bond acceptors (Lipinski definition) is 6. The van der Waals surface area contributed by atoms with E-state index in [2.05, 4.69) is 27.6 Å². The van der Waals surface area contributed by atoms with Crippen LogP contribution in [-0.4, -0.2) is 49.3 Å². The van der Waals surface area contributed by atoms with Crippen molar-refractivity contribution in [2.24, 2.45) is 0 Å². The lowest BCUT2D eigenvalue weighted by Gasteiger charge is -2.19. The molecule has 1 amide bonds. The zero-order chi connectivity index (χ0) is 24.3. The van der Waals surface area contributed by atoms with Gasteiger partial charge in [0.15, 0.2) is 0 Å². The van der Waals surface area contributed by atoms with Gasteiger partial charge in [0.05, 0.1) is 5.56 Å². The fraction of sp³-hybridized carbons (Fsp3) is 0.417. The second-order valence-corrected chi connectivity index (χ2v) is 10.1. The molecule has 10 heteroatoms. The number of carbonyl (C=O) groups excluding carboxylic acids is 1. The summed E-state index contributed by atoms with van der Waals surface area (Å²) in [5.41, 5.74) is 4.13. The highest BCUT2D eigenvalue weighted by atomic mass is 32.2. The zero-order valence-corrected chi connectivity index (χ0v) is 20.4. The topological polar surface area (TPSA) is 122 Å². The highest BCUT2D eigenvalue weighted by molar-refractivity contribution is 7.98. The molecular weight excluding hydrogens is 454 g/mol. The molecule has 2 heterocycles. The third kappa shape index (κ3) is 5.44. The van der Waals surface area contributed by atoms with Gasteiger partial charge in [-0.05, 0) is 45.6 Å². The number of alkyl carbamates (subject to hydrolysis) is 1. The predicted octanol–water partition coefficient (Wildman–Crippen LogP) is 4.28. The Bertz CT molecular complexity index is 1180. The minimum atomic E-state index is -1.00. The van der Waals surface area contributed by atoms with Gasteiger partial charge in [-0.25, -0.2) is 9.59 Å². The summed E-state index contributed by atoms with van der Waals surface area (Å²) < 4.78 is 6.78. The largest absolute Gasteiger partial charge is 0.477 e. The number of hydrogen-bond donors (Lipinski definition) is 3. The van der Waals surface area contributed by atoms with Gasteiger partial charge in [0, 0.05) is 30.1 Å². The molecule has 0 fully saturated rings. The normalized spacial score (nSPS) is 12.7. The van der Waals surface area contributed by atoms with Crippen molar-refractivity contribution in [3.63, 3.8) is 0 Å². The molecule has 1 aliphatic carbocycles. The summed E-state index contributed by atoms with van der Waals surface area (Å²) in [5, 5.41) is 25.8. The Kier molecular flexibility index (Phi) is 6.97. The summed E-state index contributed by atoms with van der Waals surface area (Å²) in [4.78, 5) is 24.0. The van der Waals surface area contributed by atoms with Gasteiger partial charge in [-0.2, -0.15) is 10.2 Å². The van der Waals surface area contributed by atoms with E-state index in [0.717, 1.165) is 27.6 Å². The SMILES string of the molecule is CC(C)(C)OC(=O)NCCCn1nc2c(c1C(=O)O)CCc1[nH]nc(SCc3ccccc3)c1-2. The Labute approximate surface area is 202 Å². The van der Waals surface area contributed by atoms with Crippen molar-refractivity contribution in [3.05, 3.63) is 52.8 Å². The van der Waals surface area contributed by atoms with Crippen molar-refractivity contribution in [2.45, 2.75) is 63.0 Å². The van der Waals surface area contributed by atoms with E-state index in [1.54, 1.807) is 32.5 Å². The van der Waals surface area contributed by atoms with Crippen LogP contribution in [0, 0.1) is 0 Å². The maximum absolute atomic E-state index is 12.1. The van der Waals surface area contributed by atoms with Crippen molar-refractivity contribution in [2.75, 3.05) is 6.54 Å². The van der Waals surface area contributed by atoms with E-state index in [1.165, 1.54) is 10.2 Å². The number of nitrogens with one attached hydrogen (secondary N) is 2. The Balaban J connectivity index is 1.50. The lowest BCUT2D eigenvalue weighted by atomic mass is 9.94. The van der Waals surface area contributed by atoms with Crippen molar-refractivity contribution >= 4 is 23.8 Å². The number of nitrogens with zero attached hydrogens (tertiary/aromatic N) is 3. The quantitative estimate of drug-likeness (QED) is 0.323. The van der Waals surface area contributed by atoms with Gasteiger partial charge in [0.1, 0.15) is 22.0 Å². The summed E-state index contributed by atoms with van der Waals surface area (Å²) in [6.07, 6.45) is 1.31. The van der Waals surface area contributed by atoms with Crippen LogP contribution in [0.5, 0.6) is 0 Å². The molecule has 0 saturated carbocycles. The smallest absolute Gasteiger partial charge is 0.407 e. The fourth-order valence-electron chi connectivity index (χ4n) is 3.94. The molecule has 0 radical (unpaired) electrons. The molecule has 3 aromatic rings. The molecule has 0 aliphatic heterocycles. The second-order valence-electron chi connectivity index (χ2n) is 9.14. The van der Waals surface area contributed by atoms with Crippen molar-refractivity contribution in [3.8, 4) is 11.3 Å². The number of ether oxygens (including phenoxy) is 1. The van der Waals surface area contributed by atoms with Gasteiger partial charge in [-0.1, -0.05) is 42.1 Å². The average Bonchev–Trinajstić information content (AvgIpc) is 3.35. The standard InChI is InChI=1S/C24H29N5O4S/c1-24(2,3)33-23(32)25-12-7-13-29-20(22(30)31)16-10-11-17-18(19(16)28-29)21(27-26-17)34-14-15-8-5-4-6-9-15/h4-6,8-9H,7,10-14H2,1-3H3,(H,25,32)(H,26,27)(H,30,31). The number of carboxylic acids is 1. The van der Waals surface area contributed by atoms with Crippen LogP contribution in [0.4, 0.5) is 4.79 Å². The molecule has 3 N–H and O–H groups in total. The van der Waals surface area contributed by atoms with E-state index in [4.69, 9.17) is 9.84 Å². The molecule has 2 aromatic heterocycles. The maximum Gasteiger partial charge on any atom is 0.407 e. The first kappa shape index (κ1) is 23.9. The Morgan fingerprint density at radius 2 is 2.00 bits per heavy atom. The highest BCUT2D eigenvalue weighted by Gasteiger charge is 2.31. The molecule has 180 valence electrons. The van der Waals surface area contributed by atoms with Gasteiger partial charge >= 0.3 is 12.1 Å². The van der Waals surface area contributed by atoms with Gasteiger partial charge < -0.3 is 15.2 Å². The molecule has 34 heavy (non-hydrogen) atoms. The second kappa shape index (κ2) is 9.92. The van der Waals surface area contributed by atoms with E-state index in [1.807, 2.05) is 18.2 Å². The van der Waals surface area contributed by atoms with Gasteiger partial charge in [-0.3, -0.25) is 9.78 Å². The highest BCUT2D eigenvalue weighted by Crippen LogP contribution is 2.40. The van der Waals surface area contributed by atoms with Gasteiger partial charge in [0.2, 0.25) is 0 Å².